The van der Waals surface area contributed by atoms with Crippen molar-refractivity contribution < 1.29 is 167 Å². The number of carboxylic acid groups (broad SMARTS) is 1. The number of hydrogen-bond acceptors (Lipinski definition) is 17. The molecule has 2 heterocycles. The summed E-state index contributed by atoms with van der Waals surface area (Å²) in [5, 5.41) is 43.8. The number of ether oxygens (including phenoxy) is 3. The van der Waals surface area contributed by atoms with Crippen molar-refractivity contribution >= 4 is 32.7 Å². The Labute approximate surface area is 276 Å². The molecule has 2 aliphatic heterocycles. The zero-order valence-corrected chi connectivity index (χ0v) is 27.4. The number of rotatable bonds is 9. The van der Waals surface area contributed by atoms with Crippen LogP contribution in [0.3, 0.4) is 0 Å². The van der Waals surface area contributed by atoms with E-state index in [-0.39, 0.29) is 88.7 Å². The Morgan fingerprint density at radius 1 is 1.05 bits per heavy atom. The minimum Gasteiger partial charge on any atom is -0.726 e. The van der Waals surface area contributed by atoms with E-state index in [0.717, 1.165) is 6.92 Å². The minimum absolute atomic E-state index is 0. The van der Waals surface area contributed by atoms with Gasteiger partial charge in [0.25, 0.3) is 0 Å². The predicted molar refractivity (Wildman–Crippen MR) is 93.6 cm³/mol. The summed E-state index contributed by atoms with van der Waals surface area (Å²) in [6, 6.07) is -1.67. The van der Waals surface area contributed by atoms with Crippen molar-refractivity contribution in [3.05, 3.63) is 11.8 Å². The van der Waals surface area contributed by atoms with Crippen LogP contribution in [0.25, 0.3) is 0 Å². The molecule has 0 aromatic heterocycles. The Morgan fingerprint density at radius 3 is 2.08 bits per heavy atom. The van der Waals surface area contributed by atoms with Gasteiger partial charge in [-0.15, -0.1) is 0 Å². The number of carbonyl (C=O) groups excluding carboxylic acids is 2. The van der Waals surface area contributed by atoms with Gasteiger partial charge in [-0.25, -0.2) is 16.8 Å². The molecule has 18 nitrogen and oxygen atoms in total. The second kappa shape index (κ2) is 16.5. The molecule has 196 valence electrons. The van der Waals surface area contributed by atoms with Crippen LogP contribution >= 0.6 is 0 Å². The van der Waals surface area contributed by atoms with Crippen molar-refractivity contribution in [2.45, 2.75) is 56.1 Å². The first-order chi connectivity index (χ1) is 15.5. The van der Waals surface area contributed by atoms with Crippen molar-refractivity contribution in [1.82, 2.24) is 5.32 Å². The topological polar surface area (TPSA) is 290 Å². The molecule has 1 saturated heterocycles. The standard InChI is InChI=1S/C14H21NO17S2.3Na/c1-4(16)15-8-9(18)11(7(29-13(8)21)3-28-33(22,23)24)31-14-10(32-34(25,26)27)5(17)2-6(30-14)12(19)20;;;/h2,5,7-11,13-14,17-18,21H,3H2,1H3,(H,15,16)(H,19,20)(H,22,23,24)(H,25,26,27);;;/q;3*+1/p-3/t5-,7+,8+,9+,10+,11+,13?,14-;;;/m0.../s1. The molecule has 1 fully saturated rings. The van der Waals surface area contributed by atoms with Gasteiger partial charge in [0.1, 0.15) is 42.2 Å². The maximum Gasteiger partial charge on any atom is 1.00 e. The zero-order chi connectivity index (χ0) is 26.0. The van der Waals surface area contributed by atoms with Crippen molar-refractivity contribution in [3.8, 4) is 0 Å². The fourth-order valence-electron chi connectivity index (χ4n) is 3.04. The van der Waals surface area contributed by atoms with E-state index < -0.39 is 94.2 Å². The van der Waals surface area contributed by atoms with Crippen LogP contribution in [0.2, 0.25) is 0 Å². The molecular weight excluding hydrogens is 587 g/mol. The molecule has 0 aromatic carbocycles. The van der Waals surface area contributed by atoms with Crippen molar-refractivity contribution in [1.29, 1.82) is 0 Å². The summed E-state index contributed by atoms with van der Waals surface area (Å²) in [6.07, 6.45) is -14.3. The van der Waals surface area contributed by atoms with Crippen LogP contribution in [0.15, 0.2) is 11.8 Å². The number of aliphatic hydroxyl groups excluding tert-OH is 3. The Morgan fingerprint density at radius 2 is 1.62 bits per heavy atom. The molecule has 0 saturated carbocycles. The van der Waals surface area contributed by atoms with Crippen LogP contribution in [0.1, 0.15) is 6.92 Å². The van der Waals surface area contributed by atoms with Gasteiger partial charge in [0.2, 0.25) is 33.0 Å². The van der Waals surface area contributed by atoms with E-state index in [2.05, 4.69) is 13.7 Å². The molecule has 0 bridgehead atoms. The molecule has 37 heavy (non-hydrogen) atoms. The fraction of sp³-hybridized carbons (Fsp3) is 0.714. The summed E-state index contributed by atoms with van der Waals surface area (Å²) in [4.78, 5) is 22.5. The average Bonchev–Trinajstić information content (AvgIpc) is 2.66. The van der Waals surface area contributed by atoms with Gasteiger partial charge in [-0.3, -0.25) is 13.2 Å². The van der Waals surface area contributed by atoms with E-state index in [4.69, 9.17) is 14.2 Å². The monoisotopic (exact) mass is 605 g/mol. The normalized spacial score (nSPS) is 31.8. The van der Waals surface area contributed by atoms with Crippen LogP contribution < -0.4 is 99.1 Å². The van der Waals surface area contributed by atoms with Gasteiger partial charge >= 0.3 is 88.7 Å². The summed E-state index contributed by atoms with van der Waals surface area (Å²) in [6.45, 7) is -0.226. The van der Waals surface area contributed by atoms with Crippen LogP contribution in [-0.2, 0) is 53.0 Å². The first-order valence-corrected chi connectivity index (χ1v) is 11.6. The van der Waals surface area contributed by atoms with Gasteiger partial charge in [-0.1, -0.05) is 0 Å². The van der Waals surface area contributed by atoms with E-state index in [1.807, 2.05) is 0 Å². The number of carboxylic acids is 1. The summed E-state index contributed by atoms with van der Waals surface area (Å²) in [5.74, 6) is -3.94. The first kappa shape index (κ1) is 40.2. The summed E-state index contributed by atoms with van der Waals surface area (Å²) in [5.41, 5.74) is 0. The summed E-state index contributed by atoms with van der Waals surface area (Å²) in [7, 11) is -10.9. The molecule has 23 heteroatoms. The Hall–Kier alpha value is 1.02. The SMILES string of the molecule is CC(=O)N[C@H]1C(O)O[C@H](COS(=O)(=O)[O-])[C@@H](O[C@@H]2OC(C(=O)[O-])=C[C@H](O)[C@H]2OS(=O)(=O)[O-])[C@@H]1O.[Na+].[Na+].[Na+]. The van der Waals surface area contributed by atoms with E-state index in [0.29, 0.717) is 6.08 Å². The van der Waals surface area contributed by atoms with Crippen molar-refractivity contribution in [2.24, 2.45) is 0 Å². The zero-order valence-electron chi connectivity index (χ0n) is 19.8. The molecule has 1 amide bonds. The van der Waals surface area contributed by atoms with E-state index in [1.165, 1.54) is 0 Å². The molecule has 4 N–H and O–H groups in total. The number of nitrogens with one attached hydrogen (secondary N) is 1. The van der Waals surface area contributed by atoms with Gasteiger partial charge < -0.3 is 53.9 Å². The molecular formula is C14H18NNa3O17S2. The summed E-state index contributed by atoms with van der Waals surface area (Å²) < 4.78 is 88.7. The fourth-order valence-corrected chi connectivity index (χ4v) is 3.81. The number of aliphatic carboxylic acids is 1. The molecule has 2 rings (SSSR count). The van der Waals surface area contributed by atoms with Crippen molar-refractivity contribution in [2.75, 3.05) is 6.61 Å². The van der Waals surface area contributed by atoms with E-state index in [9.17, 15) is 56.0 Å². The maximum atomic E-state index is 11.4. The number of carbonyl (C=O) groups is 2. The number of hydrogen-bond donors (Lipinski definition) is 4. The molecule has 8 atom stereocenters. The van der Waals surface area contributed by atoms with Crippen LogP contribution in [-0.4, -0.2) is 109 Å². The predicted octanol–water partition coefficient (Wildman–Crippen LogP) is -15.4. The third-order valence-corrected chi connectivity index (χ3v) is 5.21. The second-order valence-corrected chi connectivity index (χ2v) is 8.90. The maximum absolute atomic E-state index is 11.4. The van der Waals surface area contributed by atoms with Gasteiger partial charge in [0, 0.05) is 6.92 Å². The van der Waals surface area contributed by atoms with Gasteiger partial charge in [-0.05, 0) is 6.08 Å². The minimum atomic E-state index is -5.56. The molecule has 0 aromatic rings. The first-order valence-electron chi connectivity index (χ1n) is 8.95. The molecule has 0 spiro atoms. The van der Waals surface area contributed by atoms with Gasteiger partial charge in [0.15, 0.2) is 12.4 Å². The average molecular weight is 605 g/mol. The van der Waals surface area contributed by atoms with Crippen molar-refractivity contribution in [3.63, 3.8) is 0 Å². The summed E-state index contributed by atoms with van der Waals surface area (Å²) >= 11 is 0. The number of amides is 1. The third-order valence-electron chi connectivity index (χ3n) is 4.33. The molecule has 0 aliphatic carbocycles. The Balaban J connectivity index is 0. The van der Waals surface area contributed by atoms with E-state index >= 15 is 0 Å². The van der Waals surface area contributed by atoms with Gasteiger partial charge in [0.05, 0.1) is 6.61 Å². The smallest absolute Gasteiger partial charge is 0.726 e. The quantitative estimate of drug-likeness (QED) is 0.108. The molecule has 2 aliphatic rings. The molecule has 1 unspecified atom stereocenters. The Kier molecular flexibility index (Phi) is 17.9. The van der Waals surface area contributed by atoms with E-state index in [1.54, 1.807) is 0 Å². The second-order valence-electron chi connectivity index (χ2n) is 6.84. The van der Waals surface area contributed by atoms with Crippen LogP contribution in [0.5, 0.6) is 0 Å². The van der Waals surface area contributed by atoms with Gasteiger partial charge in [-0.2, -0.15) is 0 Å². The molecule has 0 radical (unpaired) electrons. The van der Waals surface area contributed by atoms with Crippen LogP contribution in [0.4, 0.5) is 0 Å². The third kappa shape index (κ3) is 12.6. The Bertz CT molecular complexity index is 1020. The number of aliphatic hydroxyl groups is 3. The van der Waals surface area contributed by atoms with Crippen LogP contribution in [0, 0.1) is 0 Å². The largest absolute Gasteiger partial charge is 1.00 e.